The van der Waals surface area contributed by atoms with E-state index in [1.165, 1.54) is 36.2 Å². The molecule has 144 valence electrons. The molecule has 9 heteroatoms. The molecule has 0 aromatic heterocycles. The number of nitrogens with one attached hydrogen (secondary N) is 1. The summed E-state index contributed by atoms with van der Waals surface area (Å²) >= 11 is 5.91. The summed E-state index contributed by atoms with van der Waals surface area (Å²) in [6.07, 6.45) is 0. The van der Waals surface area contributed by atoms with Crippen LogP contribution in [0.25, 0.3) is 0 Å². The smallest absolute Gasteiger partial charge is 0.338 e. The van der Waals surface area contributed by atoms with Crippen LogP contribution in [-0.2, 0) is 26.1 Å². The van der Waals surface area contributed by atoms with Crippen LogP contribution in [0.4, 0.5) is 0 Å². The molecule has 2 rings (SSSR count). The Morgan fingerprint density at radius 1 is 1.15 bits per heavy atom. The number of hydrogen-bond donors (Lipinski definition) is 1. The second kappa shape index (κ2) is 8.98. The Kier molecular flexibility index (Phi) is 6.95. The SMILES string of the molecule is CNS(=O)(=O)c1cccc(C(=O)OCC(=O)N(C)Cc2cccc(Cl)c2)c1. The second-order valence-electron chi connectivity index (χ2n) is 5.69. The molecule has 0 atom stereocenters. The molecule has 0 saturated heterocycles. The average molecular weight is 411 g/mol. The van der Waals surface area contributed by atoms with Gasteiger partial charge in [0, 0.05) is 18.6 Å². The number of carbonyl (C=O) groups excluding carboxylic acids is 2. The molecule has 0 heterocycles. The van der Waals surface area contributed by atoms with E-state index in [2.05, 4.69) is 4.72 Å². The van der Waals surface area contributed by atoms with Crippen molar-refractivity contribution in [1.29, 1.82) is 0 Å². The van der Waals surface area contributed by atoms with Gasteiger partial charge in [-0.1, -0.05) is 29.8 Å². The summed E-state index contributed by atoms with van der Waals surface area (Å²) in [5.74, 6) is -1.19. The van der Waals surface area contributed by atoms with E-state index in [0.717, 1.165) is 5.56 Å². The maximum Gasteiger partial charge on any atom is 0.338 e. The summed E-state index contributed by atoms with van der Waals surface area (Å²) in [4.78, 5) is 25.6. The topological polar surface area (TPSA) is 92.8 Å². The molecule has 0 bridgehead atoms. The van der Waals surface area contributed by atoms with Gasteiger partial charge >= 0.3 is 5.97 Å². The van der Waals surface area contributed by atoms with Crippen LogP contribution in [0.3, 0.4) is 0 Å². The summed E-state index contributed by atoms with van der Waals surface area (Å²) in [6, 6.07) is 12.5. The average Bonchev–Trinajstić information content (AvgIpc) is 2.65. The largest absolute Gasteiger partial charge is 0.452 e. The number of esters is 1. The van der Waals surface area contributed by atoms with E-state index in [0.29, 0.717) is 11.6 Å². The summed E-state index contributed by atoms with van der Waals surface area (Å²) in [6.45, 7) is -0.147. The summed E-state index contributed by atoms with van der Waals surface area (Å²) in [5, 5.41) is 0.566. The fraction of sp³-hybridized carbons (Fsp3) is 0.222. The van der Waals surface area contributed by atoms with E-state index < -0.39 is 28.5 Å². The van der Waals surface area contributed by atoms with Gasteiger partial charge in [0.15, 0.2) is 6.61 Å². The molecule has 1 amide bonds. The van der Waals surface area contributed by atoms with Crippen LogP contribution in [0.15, 0.2) is 53.4 Å². The van der Waals surface area contributed by atoms with Gasteiger partial charge < -0.3 is 9.64 Å². The summed E-state index contributed by atoms with van der Waals surface area (Å²) in [7, 11) is -0.828. The van der Waals surface area contributed by atoms with Crippen LogP contribution < -0.4 is 4.72 Å². The first-order valence-electron chi connectivity index (χ1n) is 7.92. The maximum atomic E-state index is 12.2. The lowest BCUT2D eigenvalue weighted by atomic mass is 10.2. The van der Waals surface area contributed by atoms with Crippen LogP contribution in [0.5, 0.6) is 0 Å². The van der Waals surface area contributed by atoms with Crippen LogP contribution >= 0.6 is 11.6 Å². The Morgan fingerprint density at radius 2 is 1.85 bits per heavy atom. The standard InChI is InChI=1S/C18H19ClN2O5S/c1-20-27(24,25)16-8-4-6-14(10-16)18(23)26-12-17(22)21(2)11-13-5-3-7-15(19)9-13/h3-10,20H,11-12H2,1-2H3. The first kappa shape index (κ1) is 20.9. The van der Waals surface area contributed by atoms with Crippen LogP contribution in [0.2, 0.25) is 5.02 Å². The van der Waals surface area contributed by atoms with E-state index in [1.807, 2.05) is 6.07 Å². The predicted molar refractivity (Wildman–Crippen MR) is 101 cm³/mol. The molecule has 1 N–H and O–H groups in total. The van der Waals surface area contributed by atoms with Gasteiger partial charge in [-0.15, -0.1) is 0 Å². The van der Waals surface area contributed by atoms with Crippen molar-refractivity contribution in [2.24, 2.45) is 0 Å². The number of halogens is 1. The lowest BCUT2D eigenvalue weighted by Gasteiger charge is -2.17. The molecular weight excluding hydrogens is 392 g/mol. The minimum absolute atomic E-state index is 0.0385. The van der Waals surface area contributed by atoms with Crippen molar-refractivity contribution in [2.45, 2.75) is 11.4 Å². The molecule has 27 heavy (non-hydrogen) atoms. The van der Waals surface area contributed by atoms with Crippen LogP contribution in [0.1, 0.15) is 15.9 Å². The van der Waals surface area contributed by atoms with E-state index in [-0.39, 0.29) is 10.5 Å². The van der Waals surface area contributed by atoms with Gasteiger partial charge in [0.1, 0.15) is 0 Å². The van der Waals surface area contributed by atoms with Crippen LogP contribution in [-0.4, -0.2) is 45.9 Å². The normalized spacial score (nSPS) is 11.1. The number of ether oxygens (including phenoxy) is 1. The number of rotatable bonds is 7. The quantitative estimate of drug-likeness (QED) is 0.705. The number of carbonyl (C=O) groups is 2. The van der Waals surface area contributed by atoms with Crippen LogP contribution in [0, 0.1) is 0 Å². The number of nitrogens with zero attached hydrogens (tertiary/aromatic N) is 1. The number of sulfonamides is 1. The van der Waals surface area contributed by atoms with Gasteiger partial charge in [-0.3, -0.25) is 4.79 Å². The van der Waals surface area contributed by atoms with Crippen molar-refractivity contribution < 1.29 is 22.7 Å². The Labute approximate surface area is 162 Å². The van der Waals surface area contributed by atoms with Gasteiger partial charge in [0.05, 0.1) is 10.5 Å². The first-order chi connectivity index (χ1) is 12.7. The zero-order valence-electron chi connectivity index (χ0n) is 14.8. The molecule has 0 unspecified atom stereocenters. The fourth-order valence-electron chi connectivity index (χ4n) is 2.23. The Balaban J connectivity index is 1.96. The molecule has 2 aromatic carbocycles. The van der Waals surface area contributed by atoms with E-state index >= 15 is 0 Å². The lowest BCUT2D eigenvalue weighted by molar-refractivity contribution is -0.133. The highest BCUT2D eigenvalue weighted by atomic mass is 35.5. The molecule has 0 aliphatic heterocycles. The minimum atomic E-state index is -3.68. The molecule has 0 radical (unpaired) electrons. The molecule has 0 saturated carbocycles. The zero-order chi connectivity index (χ0) is 20.0. The third kappa shape index (κ3) is 5.78. The van der Waals surface area contributed by atoms with Crippen molar-refractivity contribution in [3.63, 3.8) is 0 Å². The Hall–Kier alpha value is -2.42. The van der Waals surface area contributed by atoms with Crippen molar-refractivity contribution in [3.8, 4) is 0 Å². The molecule has 0 spiro atoms. The number of likely N-dealkylation sites (N-methyl/N-ethyl adjacent to an activating group) is 1. The minimum Gasteiger partial charge on any atom is -0.452 e. The molecule has 0 aliphatic rings. The number of benzene rings is 2. The Bertz CT molecular complexity index is 946. The summed E-state index contributed by atoms with van der Waals surface area (Å²) in [5.41, 5.74) is 0.881. The fourth-order valence-corrected chi connectivity index (χ4v) is 3.21. The zero-order valence-corrected chi connectivity index (χ0v) is 16.4. The monoisotopic (exact) mass is 410 g/mol. The molecule has 2 aromatic rings. The number of hydrogen-bond acceptors (Lipinski definition) is 5. The van der Waals surface area contributed by atoms with E-state index in [1.54, 1.807) is 25.2 Å². The molecule has 7 nitrogen and oxygen atoms in total. The maximum absolute atomic E-state index is 12.2. The number of amides is 1. The highest BCUT2D eigenvalue weighted by molar-refractivity contribution is 7.89. The van der Waals surface area contributed by atoms with E-state index in [4.69, 9.17) is 16.3 Å². The first-order valence-corrected chi connectivity index (χ1v) is 9.78. The van der Waals surface area contributed by atoms with Gasteiger partial charge in [-0.05, 0) is 42.9 Å². The van der Waals surface area contributed by atoms with Gasteiger partial charge in [-0.2, -0.15) is 0 Å². The lowest BCUT2D eigenvalue weighted by Crippen LogP contribution is -2.30. The molecular formula is C18H19ClN2O5S. The summed E-state index contributed by atoms with van der Waals surface area (Å²) < 4.78 is 30.8. The highest BCUT2D eigenvalue weighted by Gasteiger charge is 2.17. The van der Waals surface area contributed by atoms with Gasteiger partial charge in [0.25, 0.3) is 5.91 Å². The van der Waals surface area contributed by atoms with Crippen molar-refractivity contribution >= 4 is 33.5 Å². The van der Waals surface area contributed by atoms with Gasteiger partial charge in [-0.25, -0.2) is 17.9 Å². The van der Waals surface area contributed by atoms with Crippen molar-refractivity contribution in [3.05, 3.63) is 64.7 Å². The second-order valence-corrected chi connectivity index (χ2v) is 8.01. The van der Waals surface area contributed by atoms with Gasteiger partial charge in [0.2, 0.25) is 10.0 Å². The third-order valence-corrected chi connectivity index (χ3v) is 5.36. The molecule has 0 aliphatic carbocycles. The predicted octanol–water partition coefficient (Wildman–Crippen LogP) is 2.06. The third-order valence-electron chi connectivity index (χ3n) is 3.71. The highest BCUT2D eigenvalue weighted by Crippen LogP contribution is 2.13. The van der Waals surface area contributed by atoms with Crippen molar-refractivity contribution in [1.82, 2.24) is 9.62 Å². The molecule has 0 fully saturated rings. The van der Waals surface area contributed by atoms with Crippen molar-refractivity contribution in [2.75, 3.05) is 20.7 Å². The van der Waals surface area contributed by atoms with E-state index in [9.17, 15) is 18.0 Å². The Morgan fingerprint density at radius 3 is 2.52 bits per heavy atom.